The monoisotopic (exact) mass is 557 g/mol. The molecule has 3 atom stereocenters. The van der Waals surface area contributed by atoms with E-state index < -0.39 is 17.7 Å². The van der Waals surface area contributed by atoms with E-state index in [-0.39, 0.29) is 23.3 Å². The van der Waals surface area contributed by atoms with Crippen molar-refractivity contribution in [1.82, 2.24) is 19.4 Å². The zero-order valence-corrected chi connectivity index (χ0v) is 22.4. The summed E-state index contributed by atoms with van der Waals surface area (Å²) >= 11 is 1.47. The highest BCUT2D eigenvalue weighted by Crippen LogP contribution is 2.51. The van der Waals surface area contributed by atoms with Gasteiger partial charge in [0.05, 0.1) is 23.1 Å². The smallest absolute Gasteiger partial charge is 0.416 e. The molecule has 1 fully saturated rings. The van der Waals surface area contributed by atoms with Gasteiger partial charge in [-0.2, -0.15) is 18.3 Å². The highest BCUT2D eigenvalue weighted by Gasteiger charge is 2.45. The maximum Gasteiger partial charge on any atom is 0.416 e. The summed E-state index contributed by atoms with van der Waals surface area (Å²) in [6, 6.07) is 11.7. The number of fused-ring (bicyclic) bond motifs is 1. The zero-order chi connectivity index (χ0) is 27.9. The summed E-state index contributed by atoms with van der Waals surface area (Å²) in [4.78, 5) is 12.8. The summed E-state index contributed by atoms with van der Waals surface area (Å²) in [7, 11) is 1.77. The number of rotatable bonds is 7. The van der Waals surface area contributed by atoms with Crippen LogP contribution in [0.3, 0.4) is 0 Å². The molecule has 2 aliphatic rings. The molecule has 11 heteroatoms. The average Bonchev–Trinajstić information content (AvgIpc) is 3.57. The van der Waals surface area contributed by atoms with E-state index in [9.17, 15) is 23.1 Å². The van der Waals surface area contributed by atoms with Crippen LogP contribution in [0.2, 0.25) is 0 Å². The lowest BCUT2D eigenvalue weighted by molar-refractivity contribution is -0.137. The molecule has 0 spiro atoms. The third kappa shape index (κ3) is 5.79. The van der Waals surface area contributed by atoms with Crippen LogP contribution < -0.4 is 11.1 Å². The van der Waals surface area contributed by atoms with Crippen LogP contribution in [0.15, 0.2) is 65.5 Å². The van der Waals surface area contributed by atoms with Crippen LogP contribution in [-0.4, -0.2) is 38.8 Å². The zero-order valence-electron chi connectivity index (χ0n) is 21.6. The number of aromatic carboxylic acids is 1. The predicted molar refractivity (Wildman–Crippen MR) is 143 cm³/mol. The number of nitrogens with two attached hydrogens (primary N) is 1. The Morgan fingerprint density at radius 3 is 2.79 bits per heavy atom. The molecule has 39 heavy (non-hydrogen) atoms. The second kappa shape index (κ2) is 10.6. The second-order valence-electron chi connectivity index (χ2n) is 10.3. The minimum atomic E-state index is -4.36. The average molecular weight is 558 g/mol. The molecule has 1 saturated carbocycles. The van der Waals surface area contributed by atoms with E-state index in [2.05, 4.69) is 14.7 Å². The first kappa shape index (κ1) is 27.1. The van der Waals surface area contributed by atoms with E-state index in [1.807, 2.05) is 31.2 Å². The molecule has 206 valence electrons. The van der Waals surface area contributed by atoms with Gasteiger partial charge in [0.25, 0.3) is 0 Å². The molecule has 1 unspecified atom stereocenters. The van der Waals surface area contributed by atoms with Crippen molar-refractivity contribution in [2.75, 3.05) is 13.6 Å². The molecular formula is C28H30F3N5O2S. The van der Waals surface area contributed by atoms with E-state index >= 15 is 0 Å². The fraction of sp³-hybridized carbons (Fsp3) is 0.357. The predicted octanol–water partition coefficient (Wildman–Crippen LogP) is 5.41. The highest BCUT2D eigenvalue weighted by atomic mass is 32.2. The summed E-state index contributed by atoms with van der Waals surface area (Å²) in [5.41, 5.74) is 9.48. The van der Waals surface area contributed by atoms with Gasteiger partial charge in [-0.05, 0) is 72.2 Å². The number of benzene rings is 2. The Balaban J connectivity index is 1.40. The topological polar surface area (TPSA) is 96.4 Å². The van der Waals surface area contributed by atoms with Gasteiger partial charge in [0, 0.05) is 48.8 Å². The van der Waals surface area contributed by atoms with Gasteiger partial charge < -0.3 is 16.2 Å². The largest absolute Gasteiger partial charge is 0.478 e. The maximum absolute atomic E-state index is 13.3. The van der Waals surface area contributed by atoms with E-state index in [0.717, 1.165) is 28.6 Å². The van der Waals surface area contributed by atoms with Crippen molar-refractivity contribution in [3.63, 3.8) is 0 Å². The van der Waals surface area contributed by atoms with Gasteiger partial charge in [0.1, 0.15) is 5.56 Å². The van der Waals surface area contributed by atoms with E-state index in [4.69, 9.17) is 5.73 Å². The molecule has 1 aliphatic carbocycles. The SMILES string of the molecule is CN/C=C(\N)C1C[C@H]1c1c(C(=O)O)cnn1-c1cccc(CN2C[C@@H](C)Cc3cc(C(F)(F)F)ccc3S2)c1. The first-order valence-corrected chi connectivity index (χ1v) is 13.5. The summed E-state index contributed by atoms with van der Waals surface area (Å²) in [5, 5.41) is 17.2. The molecule has 0 bridgehead atoms. The molecule has 2 aromatic carbocycles. The summed E-state index contributed by atoms with van der Waals surface area (Å²) in [5.74, 6) is -0.866. The molecule has 0 amide bonds. The highest BCUT2D eigenvalue weighted by molar-refractivity contribution is 7.97. The Bertz CT molecular complexity index is 1420. The fourth-order valence-corrected chi connectivity index (χ4v) is 6.49. The summed E-state index contributed by atoms with van der Waals surface area (Å²) in [6.45, 7) is 3.32. The number of hydrogen-bond acceptors (Lipinski definition) is 6. The minimum absolute atomic E-state index is 0.0436. The molecule has 3 aromatic rings. The lowest BCUT2D eigenvalue weighted by Gasteiger charge is -2.22. The molecule has 1 aromatic heterocycles. The molecular weight excluding hydrogens is 527 g/mol. The Morgan fingerprint density at radius 2 is 2.08 bits per heavy atom. The van der Waals surface area contributed by atoms with E-state index in [1.54, 1.807) is 24.0 Å². The summed E-state index contributed by atoms with van der Waals surface area (Å²) < 4.78 is 43.6. The van der Waals surface area contributed by atoms with Gasteiger partial charge in [0.2, 0.25) is 0 Å². The standard InChI is InChI=1S/C28H30F3N5O2S/c1-16-8-18-10-19(28(29,30)31)6-7-25(18)39-35(14-16)15-17-4-3-5-20(9-17)36-26(23(12-34-36)27(37)38)22-11-21(22)24(32)13-33-2/h3-7,9-10,12-13,16,21-22,33H,8,11,14-15,32H2,1-2H3,(H,37,38)/b24-13-/t16-,21?,22+/m0/s1. The van der Waals surface area contributed by atoms with Gasteiger partial charge in [-0.25, -0.2) is 13.8 Å². The van der Waals surface area contributed by atoms with Crippen LogP contribution in [-0.2, 0) is 19.1 Å². The molecule has 0 saturated heterocycles. The Kier molecular flexibility index (Phi) is 7.39. The number of halogens is 3. The van der Waals surface area contributed by atoms with Crippen LogP contribution in [0.25, 0.3) is 5.69 Å². The van der Waals surface area contributed by atoms with Gasteiger partial charge in [-0.3, -0.25) is 0 Å². The molecule has 4 N–H and O–H groups in total. The number of carbonyl (C=O) groups is 1. The van der Waals surface area contributed by atoms with Gasteiger partial charge in [-0.1, -0.05) is 19.1 Å². The number of nitrogens with one attached hydrogen (secondary N) is 1. The first-order chi connectivity index (χ1) is 18.5. The number of alkyl halides is 3. The van der Waals surface area contributed by atoms with E-state index in [0.29, 0.717) is 36.5 Å². The van der Waals surface area contributed by atoms with Gasteiger partial charge >= 0.3 is 12.1 Å². The van der Waals surface area contributed by atoms with E-state index in [1.165, 1.54) is 24.2 Å². The normalized spacial score (nSPS) is 21.8. The third-order valence-corrected chi connectivity index (χ3v) is 8.26. The van der Waals surface area contributed by atoms with Crippen molar-refractivity contribution >= 4 is 17.9 Å². The van der Waals surface area contributed by atoms with Crippen molar-refractivity contribution in [2.24, 2.45) is 17.6 Å². The quantitative estimate of drug-likeness (QED) is 0.334. The van der Waals surface area contributed by atoms with Gasteiger partial charge in [-0.15, -0.1) is 0 Å². The van der Waals surface area contributed by atoms with Gasteiger partial charge in [0.15, 0.2) is 0 Å². The number of aromatic nitrogens is 2. The fourth-order valence-electron chi connectivity index (χ4n) is 5.28. The Hall–Kier alpha value is -3.44. The van der Waals surface area contributed by atoms with Crippen LogP contribution >= 0.6 is 11.9 Å². The van der Waals surface area contributed by atoms with Crippen LogP contribution in [0.4, 0.5) is 13.2 Å². The lowest BCUT2D eigenvalue weighted by atomic mass is 9.99. The Morgan fingerprint density at radius 1 is 1.28 bits per heavy atom. The second-order valence-corrected chi connectivity index (χ2v) is 11.4. The van der Waals surface area contributed by atoms with Crippen LogP contribution in [0.1, 0.15) is 52.0 Å². The molecule has 2 heterocycles. The number of nitrogens with zero attached hydrogens (tertiary/aromatic N) is 3. The van der Waals surface area contributed by atoms with Crippen LogP contribution in [0, 0.1) is 11.8 Å². The molecule has 5 rings (SSSR count). The van der Waals surface area contributed by atoms with Crippen molar-refractivity contribution in [3.8, 4) is 5.69 Å². The maximum atomic E-state index is 13.3. The third-order valence-electron chi connectivity index (χ3n) is 7.13. The number of hydrogen-bond donors (Lipinski definition) is 3. The molecule has 1 aliphatic heterocycles. The minimum Gasteiger partial charge on any atom is -0.478 e. The van der Waals surface area contributed by atoms with Crippen molar-refractivity contribution in [3.05, 3.63) is 88.5 Å². The number of carboxylic acid groups (broad SMARTS) is 1. The van der Waals surface area contributed by atoms with Crippen molar-refractivity contribution in [2.45, 2.75) is 43.3 Å². The molecule has 0 radical (unpaired) electrons. The summed E-state index contributed by atoms with van der Waals surface area (Å²) in [6.07, 6.45) is 0.0691. The van der Waals surface area contributed by atoms with Crippen LogP contribution in [0.5, 0.6) is 0 Å². The molecule has 7 nitrogen and oxygen atoms in total. The number of allylic oxidation sites excluding steroid dienone is 1. The number of carboxylic acids is 1. The van der Waals surface area contributed by atoms with Crippen molar-refractivity contribution in [1.29, 1.82) is 0 Å². The van der Waals surface area contributed by atoms with Crippen molar-refractivity contribution < 1.29 is 23.1 Å². The Labute approximate surface area is 229 Å². The first-order valence-electron chi connectivity index (χ1n) is 12.7. The lowest BCUT2D eigenvalue weighted by Crippen LogP contribution is -2.21.